The Morgan fingerprint density at radius 2 is 1.82 bits per heavy atom. The lowest BCUT2D eigenvalue weighted by Gasteiger charge is -2.27. The Balaban J connectivity index is 2.49. The molecule has 11 heavy (non-hydrogen) atoms. The van der Waals surface area contributed by atoms with E-state index in [1.807, 2.05) is 0 Å². The highest BCUT2D eigenvalue weighted by atomic mass is 32.2. The van der Waals surface area contributed by atoms with E-state index < -0.39 is 9.52 Å². The van der Waals surface area contributed by atoms with Crippen LogP contribution < -0.4 is 0 Å². The molecule has 1 aliphatic rings. The first-order valence-electron chi connectivity index (χ1n) is 4.34. The molecule has 2 heteroatoms. The van der Waals surface area contributed by atoms with E-state index in [0.717, 1.165) is 36.2 Å². The molecule has 1 rings (SSSR count). The number of hydrogen-bond acceptors (Lipinski definition) is 1. The van der Waals surface area contributed by atoms with Gasteiger partial charge >= 0.3 is 0 Å². The van der Waals surface area contributed by atoms with Crippen LogP contribution in [0.4, 0.5) is 0 Å². The first-order chi connectivity index (χ1) is 5.01. The first kappa shape index (κ1) is 9.11. The maximum atomic E-state index is 11.5. The lowest BCUT2D eigenvalue weighted by Crippen LogP contribution is -2.25. The maximum absolute atomic E-state index is 11.5. The van der Waals surface area contributed by atoms with Gasteiger partial charge in [-0.2, -0.15) is 0 Å². The van der Waals surface area contributed by atoms with Crippen molar-refractivity contribution in [1.82, 2.24) is 0 Å². The van der Waals surface area contributed by atoms with Gasteiger partial charge in [0.05, 0.1) is 0 Å². The van der Waals surface area contributed by atoms with E-state index in [1.54, 1.807) is 0 Å². The zero-order valence-corrected chi connectivity index (χ0v) is 8.32. The Bertz CT molecular complexity index is 200. The quantitative estimate of drug-likeness (QED) is 0.554. The fourth-order valence-electron chi connectivity index (χ4n) is 1.65. The average molecular weight is 174 g/mol. The second-order valence-electron chi connectivity index (χ2n) is 3.96. The molecule has 0 unspecified atom stereocenters. The van der Waals surface area contributed by atoms with E-state index in [0.29, 0.717) is 0 Å². The van der Waals surface area contributed by atoms with Gasteiger partial charge in [-0.1, -0.05) is 13.8 Å². The Kier molecular flexibility index (Phi) is 2.63. The summed E-state index contributed by atoms with van der Waals surface area (Å²) in [5, 5.41) is 0. The van der Waals surface area contributed by atoms with Gasteiger partial charge in [-0.25, -0.2) is 0 Å². The molecular formula is C9H18OS. The molecule has 1 saturated heterocycles. The first-order valence-corrected chi connectivity index (χ1v) is 6.40. The van der Waals surface area contributed by atoms with E-state index in [2.05, 4.69) is 19.7 Å². The highest BCUT2D eigenvalue weighted by Gasteiger charge is 2.21. The third-order valence-electron chi connectivity index (χ3n) is 2.66. The van der Waals surface area contributed by atoms with Gasteiger partial charge in [-0.15, -0.1) is 0 Å². The van der Waals surface area contributed by atoms with Crippen LogP contribution >= 0.6 is 0 Å². The van der Waals surface area contributed by atoms with Crippen molar-refractivity contribution < 1.29 is 4.21 Å². The molecule has 0 aromatic carbocycles. The van der Waals surface area contributed by atoms with Crippen molar-refractivity contribution >= 4 is 15.4 Å². The molecule has 0 aromatic rings. The molecule has 0 saturated carbocycles. The van der Waals surface area contributed by atoms with Crippen LogP contribution in [-0.4, -0.2) is 21.6 Å². The van der Waals surface area contributed by atoms with Gasteiger partial charge < -0.3 is 0 Å². The van der Waals surface area contributed by atoms with Crippen molar-refractivity contribution in [2.75, 3.05) is 11.5 Å². The molecular weight excluding hydrogens is 156 g/mol. The molecule has 0 atom stereocenters. The molecule has 0 spiro atoms. The molecule has 0 bridgehead atoms. The molecule has 1 nitrogen and oxygen atoms in total. The van der Waals surface area contributed by atoms with E-state index >= 15 is 0 Å². The summed E-state index contributed by atoms with van der Waals surface area (Å²) < 4.78 is 11.5. The lowest BCUT2D eigenvalue weighted by atomic mass is 9.91. The maximum Gasteiger partial charge on any atom is 0.0161 e. The minimum absolute atomic E-state index is 0.755. The van der Waals surface area contributed by atoms with Gasteiger partial charge in [0.1, 0.15) is 0 Å². The van der Waals surface area contributed by atoms with Crippen molar-refractivity contribution in [2.24, 2.45) is 11.8 Å². The Labute approximate surface area is 70.2 Å². The molecule has 0 aliphatic carbocycles. The van der Waals surface area contributed by atoms with Crippen LogP contribution in [0.1, 0.15) is 26.7 Å². The average Bonchev–Trinajstić information content (AvgIpc) is 1.86. The predicted octanol–water partition coefficient (Wildman–Crippen LogP) is 1.77. The molecule has 1 fully saturated rings. The summed E-state index contributed by atoms with van der Waals surface area (Å²) in [6, 6.07) is 0. The fraction of sp³-hybridized carbons (Fsp3) is 0.889. The summed E-state index contributed by atoms with van der Waals surface area (Å²) in [7, 11) is -1.65. The van der Waals surface area contributed by atoms with Gasteiger partial charge in [0.25, 0.3) is 0 Å². The van der Waals surface area contributed by atoms with Crippen molar-refractivity contribution in [3.05, 3.63) is 0 Å². The summed E-state index contributed by atoms with van der Waals surface area (Å²) in [6.45, 7) is 4.50. The van der Waals surface area contributed by atoms with Crippen LogP contribution in [0.15, 0.2) is 0 Å². The van der Waals surface area contributed by atoms with Crippen LogP contribution in [0, 0.1) is 11.8 Å². The Morgan fingerprint density at radius 3 is 2.18 bits per heavy atom. The van der Waals surface area contributed by atoms with Gasteiger partial charge in [-0.3, -0.25) is 4.21 Å². The molecule has 0 radical (unpaired) electrons. The van der Waals surface area contributed by atoms with E-state index in [1.165, 1.54) is 0 Å². The van der Waals surface area contributed by atoms with Crippen LogP contribution in [0.5, 0.6) is 0 Å². The van der Waals surface area contributed by atoms with Gasteiger partial charge in [-0.05, 0) is 40.1 Å². The van der Waals surface area contributed by atoms with Crippen LogP contribution in [-0.2, 0) is 9.52 Å². The third kappa shape index (κ3) is 2.51. The van der Waals surface area contributed by atoms with Crippen molar-refractivity contribution in [3.63, 3.8) is 0 Å². The monoisotopic (exact) mass is 174 g/mol. The largest absolute Gasteiger partial charge is 0.268 e. The zero-order valence-electron chi connectivity index (χ0n) is 7.51. The topological polar surface area (TPSA) is 17.1 Å². The summed E-state index contributed by atoms with van der Waals surface area (Å²) >= 11 is 0. The highest BCUT2D eigenvalue weighted by Crippen LogP contribution is 2.25. The standard InChI is InChI=1S/C9H18OS/c1-8(2)9-4-6-11(3,10)7-5-9/h8-9H,3-7H2,1-2H3. The SMILES string of the molecule is C=S1(=O)CCC(C(C)C)CC1. The minimum Gasteiger partial charge on any atom is -0.268 e. The fourth-order valence-corrected chi connectivity index (χ4v) is 3.31. The highest BCUT2D eigenvalue weighted by molar-refractivity contribution is 8.00. The Morgan fingerprint density at radius 1 is 1.36 bits per heavy atom. The van der Waals surface area contributed by atoms with Gasteiger partial charge in [0.2, 0.25) is 0 Å². The predicted molar refractivity (Wildman–Crippen MR) is 52.6 cm³/mol. The molecule has 1 aliphatic heterocycles. The second-order valence-corrected chi connectivity index (χ2v) is 6.70. The van der Waals surface area contributed by atoms with Crippen molar-refractivity contribution in [2.45, 2.75) is 26.7 Å². The minimum atomic E-state index is -1.65. The lowest BCUT2D eigenvalue weighted by molar-refractivity contribution is 0.357. The van der Waals surface area contributed by atoms with Crippen LogP contribution in [0.2, 0.25) is 0 Å². The molecule has 1 heterocycles. The summed E-state index contributed by atoms with van der Waals surface area (Å²) in [4.78, 5) is 0. The molecule has 66 valence electrons. The third-order valence-corrected chi connectivity index (χ3v) is 4.62. The normalized spacial score (nSPS) is 39.4. The Hall–Kier alpha value is 0.0200. The van der Waals surface area contributed by atoms with E-state index in [9.17, 15) is 4.21 Å². The smallest absolute Gasteiger partial charge is 0.0161 e. The number of rotatable bonds is 1. The zero-order chi connectivity index (χ0) is 8.48. The summed E-state index contributed by atoms with van der Waals surface area (Å²) in [5.41, 5.74) is 0. The molecule has 0 amide bonds. The van der Waals surface area contributed by atoms with Crippen LogP contribution in [0.25, 0.3) is 0 Å². The van der Waals surface area contributed by atoms with E-state index in [4.69, 9.17) is 0 Å². The van der Waals surface area contributed by atoms with Gasteiger partial charge in [0.15, 0.2) is 0 Å². The van der Waals surface area contributed by atoms with Crippen molar-refractivity contribution in [3.8, 4) is 0 Å². The molecule has 0 N–H and O–H groups in total. The summed E-state index contributed by atoms with van der Waals surface area (Å²) in [6.07, 6.45) is 2.25. The van der Waals surface area contributed by atoms with E-state index in [-0.39, 0.29) is 0 Å². The molecule has 0 aromatic heterocycles. The van der Waals surface area contributed by atoms with Crippen LogP contribution in [0.3, 0.4) is 0 Å². The number of hydrogen-bond donors (Lipinski definition) is 0. The second kappa shape index (κ2) is 3.18. The summed E-state index contributed by atoms with van der Waals surface area (Å²) in [5.74, 6) is 7.02. The van der Waals surface area contributed by atoms with Crippen molar-refractivity contribution in [1.29, 1.82) is 0 Å². The van der Waals surface area contributed by atoms with Gasteiger partial charge in [0, 0.05) is 11.5 Å².